The number of rotatable bonds is 6. The van der Waals surface area contributed by atoms with Crippen LogP contribution in [-0.2, 0) is 16.8 Å². The van der Waals surface area contributed by atoms with Gasteiger partial charge in [-0.1, -0.05) is 51.1 Å². The van der Waals surface area contributed by atoms with Crippen molar-refractivity contribution < 1.29 is 14.3 Å². The molecular formula is C22H28N2O3. The van der Waals surface area contributed by atoms with Crippen molar-refractivity contribution in [3.05, 3.63) is 65.2 Å². The van der Waals surface area contributed by atoms with Crippen LogP contribution in [0.25, 0.3) is 0 Å². The second-order valence-electron chi connectivity index (χ2n) is 7.56. The zero-order valence-corrected chi connectivity index (χ0v) is 16.7. The minimum absolute atomic E-state index is 0.0140. The highest BCUT2D eigenvalue weighted by atomic mass is 16.5. The van der Waals surface area contributed by atoms with Crippen molar-refractivity contribution in [3.8, 4) is 5.75 Å². The third-order valence-corrected chi connectivity index (χ3v) is 4.33. The number of carbonyl (C=O) groups is 2. The number of nitrogens with zero attached hydrogens (tertiary/aromatic N) is 1. The quantitative estimate of drug-likeness (QED) is 0.850. The number of ether oxygens (including phenoxy) is 1. The zero-order valence-electron chi connectivity index (χ0n) is 16.7. The Morgan fingerprint density at radius 1 is 1.04 bits per heavy atom. The molecule has 0 spiro atoms. The number of hydrogen-bond acceptors (Lipinski definition) is 3. The average molecular weight is 368 g/mol. The van der Waals surface area contributed by atoms with Crippen LogP contribution in [0, 0.1) is 0 Å². The molecule has 0 aliphatic heterocycles. The maximum atomic E-state index is 12.4. The Kier molecular flexibility index (Phi) is 6.61. The molecule has 0 heterocycles. The van der Waals surface area contributed by atoms with Gasteiger partial charge in [0.05, 0.1) is 0 Å². The lowest BCUT2D eigenvalue weighted by molar-refractivity contribution is -0.132. The fraction of sp³-hybridized carbons (Fsp3) is 0.364. The van der Waals surface area contributed by atoms with Crippen LogP contribution < -0.4 is 10.1 Å². The molecule has 0 atom stereocenters. The van der Waals surface area contributed by atoms with Crippen LogP contribution in [0.5, 0.6) is 5.75 Å². The molecule has 2 rings (SSSR count). The van der Waals surface area contributed by atoms with Gasteiger partial charge in [-0.25, -0.2) is 0 Å². The summed E-state index contributed by atoms with van der Waals surface area (Å²) in [7, 11) is 3.34. The Bertz CT molecular complexity index is 792. The Morgan fingerprint density at radius 2 is 1.67 bits per heavy atom. The van der Waals surface area contributed by atoms with Gasteiger partial charge in [0.15, 0.2) is 6.61 Å². The molecule has 2 aromatic carbocycles. The van der Waals surface area contributed by atoms with Gasteiger partial charge in [-0.2, -0.15) is 0 Å². The van der Waals surface area contributed by atoms with E-state index in [9.17, 15) is 9.59 Å². The maximum Gasteiger partial charge on any atom is 0.260 e. The van der Waals surface area contributed by atoms with Crippen molar-refractivity contribution >= 4 is 11.8 Å². The highest BCUT2D eigenvalue weighted by Crippen LogP contribution is 2.30. The van der Waals surface area contributed by atoms with Crippen LogP contribution >= 0.6 is 0 Å². The van der Waals surface area contributed by atoms with Crippen LogP contribution in [0.3, 0.4) is 0 Å². The molecule has 0 aliphatic rings. The number of carbonyl (C=O) groups excluding carboxylic acids is 2. The smallest absolute Gasteiger partial charge is 0.260 e. The van der Waals surface area contributed by atoms with E-state index in [0.29, 0.717) is 12.1 Å². The molecule has 27 heavy (non-hydrogen) atoms. The third kappa shape index (κ3) is 5.58. The lowest BCUT2D eigenvalue weighted by atomic mass is 9.86. The Labute approximate surface area is 161 Å². The fourth-order valence-electron chi connectivity index (χ4n) is 2.73. The number of hydrogen-bond donors (Lipinski definition) is 1. The molecule has 1 N–H and O–H groups in total. The van der Waals surface area contributed by atoms with Gasteiger partial charge in [-0.3, -0.25) is 9.59 Å². The minimum atomic E-state index is -0.128. The largest absolute Gasteiger partial charge is 0.483 e. The summed E-state index contributed by atoms with van der Waals surface area (Å²) in [6.07, 6.45) is 0. The Morgan fingerprint density at radius 3 is 2.26 bits per heavy atom. The van der Waals surface area contributed by atoms with Crippen LogP contribution in [-0.4, -0.2) is 37.4 Å². The first-order valence-corrected chi connectivity index (χ1v) is 8.99. The van der Waals surface area contributed by atoms with Gasteiger partial charge in [-0.05, 0) is 34.7 Å². The second-order valence-corrected chi connectivity index (χ2v) is 7.56. The van der Waals surface area contributed by atoms with E-state index < -0.39 is 0 Å². The molecule has 2 aromatic rings. The van der Waals surface area contributed by atoms with Gasteiger partial charge in [-0.15, -0.1) is 0 Å². The number of nitrogens with one attached hydrogen (secondary N) is 1. The highest BCUT2D eigenvalue weighted by Gasteiger charge is 2.19. The van der Waals surface area contributed by atoms with E-state index in [1.807, 2.05) is 36.4 Å². The Balaban J connectivity index is 1.96. The molecular weight excluding hydrogens is 340 g/mol. The molecule has 2 amide bonds. The van der Waals surface area contributed by atoms with Crippen LogP contribution in [0.1, 0.15) is 42.3 Å². The summed E-state index contributed by atoms with van der Waals surface area (Å²) in [6.45, 7) is 6.79. The molecule has 144 valence electrons. The summed E-state index contributed by atoms with van der Waals surface area (Å²) < 4.78 is 5.81. The zero-order chi connectivity index (χ0) is 20.0. The first-order valence-electron chi connectivity index (χ1n) is 8.99. The van der Waals surface area contributed by atoms with Crippen LogP contribution in [0.4, 0.5) is 0 Å². The predicted molar refractivity (Wildman–Crippen MR) is 107 cm³/mol. The van der Waals surface area contributed by atoms with Crippen molar-refractivity contribution in [2.24, 2.45) is 0 Å². The molecule has 0 aliphatic carbocycles. The van der Waals surface area contributed by atoms with Crippen molar-refractivity contribution in [1.29, 1.82) is 0 Å². The SMILES string of the molecule is CNC(=O)c1ccc(CN(C)C(=O)COc2ccccc2C(C)(C)C)cc1. The van der Waals surface area contributed by atoms with Crippen molar-refractivity contribution in [1.82, 2.24) is 10.2 Å². The van der Waals surface area contributed by atoms with Gasteiger partial charge in [0.1, 0.15) is 5.75 Å². The van der Waals surface area contributed by atoms with Crippen molar-refractivity contribution in [2.45, 2.75) is 32.7 Å². The number of para-hydroxylation sites is 1. The summed E-state index contributed by atoms with van der Waals surface area (Å²) in [5.41, 5.74) is 2.56. The van der Waals surface area contributed by atoms with E-state index in [1.54, 1.807) is 31.1 Å². The van der Waals surface area contributed by atoms with E-state index in [1.165, 1.54) is 0 Å². The van der Waals surface area contributed by atoms with E-state index in [4.69, 9.17) is 4.74 Å². The molecule has 0 unspecified atom stereocenters. The van der Waals surface area contributed by atoms with E-state index in [0.717, 1.165) is 16.9 Å². The van der Waals surface area contributed by atoms with Crippen LogP contribution in [0.15, 0.2) is 48.5 Å². The molecule has 5 nitrogen and oxygen atoms in total. The first-order chi connectivity index (χ1) is 12.7. The standard InChI is InChI=1S/C22H28N2O3/c1-22(2,3)18-8-6-7-9-19(18)27-15-20(25)24(5)14-16-10-12-17(13-11-16)21(26)23-4/h6-13H,14-15H2,1-5H3,(H,23,26). The van der Waals surface area contributed by atoms with Gasteiger partial charge in [0, 0.05) is 26.2 Å². The number of benzene rings is 2. The van der Waals surface area contributed by atoms with Crippen molar-refractivity contribution in [3.63, 3.8) is 0 Å². The van der Waals surface area contributed by atoms with E-state index in [2.05, 4.69) is 26.1 Å². The normalized spacial score (nSPS) is 11.0. The average Bonchev–Trinajstić information content (AvgIpc) is 2.65. The van der Waals surface area contributed by atoms with Gasteiger partial charge in [0.25, 0.3) is 11.8 Å². The third-order valence-electron chi connectivity index (χ3n) is 4.33. The summed E-state index contributed by atoms with van der Waals surface area (Å²) in [5.74, 6) is 0.507. The summed E-state index contributed by atoms with van der Waals surface area (Å²) in [6, 6.07) is 15.0. The molecule has 0 saturated heterocycles. The molecule has 0 radical (unpaired) electrons. The fourth-order valence-corrected chi connectivity index (χ4v) is 2.73. The first kappa shape index (κ1) is 20.5. The second kappa shape index (κ2) is 8.71. The van der Waals surface area contributed by atoms with Gasteiger partial charge >= 0.3 is 0 Å². The lowest BCUT2D eigenvalue weighted by Gasteiger charge is -2.23. The number of likely N-dealkylation sites (N-methyl/N-ethyl adjacent to an activating group) is 1. The minimum Gasteiger partial charge on any atom is -0.483 e. The van der Waals surface area contributed by atoms with Gasteiger partial charge in [0.2, 0.25) is 0 Å². The lowest BCUT2D eigenvalue weighted by Crippen LogP contribution is -2.31. The maximum absolute atomic E-state index is 12.4. The Hall–Kier alpha value is -2.82. The molecule has 0 saturated carbocycles. The summed E-state index contributed by atoms with van der Waals surface area (Å²) in [4.78, 5) is 25.6. The van der Waals surface area contributed by atoms with Crippen molar-refractivity contribution in [2.75, 3.05) is 20.7 Å². The topological polar surface area (TPSA) is 58.6 Å². The molecule has 5 heteroatoms. The van der Waals surface area contributed by atoms with Crippen LogP contribution in [0.2, 0.25) is 0 Å². The molecule has 0 fully saturated rings. The van der Waals surface area contributed by atoms with E-state index >= 15 is 0 Å². The molecule has 0 aromatic heterocycles. The van der Waals surface area contributed by atoms with Gasteiger partial charge < -0.3 is 15.0 Å². The highest BCUT2D eigenvalue weighted by molar-refractivity contribution is 5.93. The predicted octanol–water partition coefficient (Wildman–Crippen LogP) is 3.38. The van der Waals surface area contributed by atoms with E-state index in [-0.39, 0.29) is 23.8 Å². The molecule has 0 bridgehead atoms. The summed E-state index contributed by atoms with van der Waals surface area (Å²) >= 11 is 0. The monoisotopic (exact) mass is 368 g/mol. The number of amides is 2. The summed E-state index contributed by atoms with van der Waals surface area (Å²) in [5, 5.41) is 2.59.